The molecule has 1 rings (SSSR count). The lowest BCUT2D eigenvalue weighted by Gasteiger charge is -2.23. The van der Waals surface area contributed by atoms with Gasteiger partial charge in [0, 0.05) is 0 Å². The smallest absolute Gasteiger partial charge is 0.323 e. The van der Waals surface area contributed by atoms with Crippen LogP contribution >= 0.6 is 7.60 Å². The molecule has 2 N–H and O–H groups in total. The standard InChI is InChI=1S/C15H26NO3P/c1-3-5-6-10-13-16-15(20(17,18)19-4-2)14-11-8-7-9-12-14/h7-9,11-12,15-16H,3-6,10,13H2,1-2H3,(H,17,18). The Hall–Kier alpha value is -0.670. The highest BCUT2D eigenvalue weighted by Crippen LogP contribution is 2.54. The van der Waals surface area contributed by atoms with Gasteiger partial charge < -0.3 is 9.42 Å². The van der Waals surface area contributed by atoms with E-state index < -0.39 is 13.4 Å². The van der Waals surface area contributed by atoms with Crippen molar-refractivity contribution < 1.29 is 14.0 Å². The molecule has 0 saturated heterocycles. The number of unbranched alkanes of at least 4 members (excludes halogenated alkanes) is 3. The average Bonchev–Trinajstić information content (AvgIpc) is 2.43. The lowest BCUT2D eigenvalue weighted by Crippen LogP contribution is -2.23. The largest absolute Gasteiger partial charge is 0.349 e. The summed E-state index contributed by atoms with van der Waals surface area (Å²) in [7, 11) is -3.69. The van der Waals surface area contributed by atoms with Crippen LogP contribution in [0.1, 0.15) is 50.9 Å². The molecule has 1 aromatic carbocycles. The molecule has 1 aromatic rings. The Kier molecular flexibility index (Phi) is 8.08. The van der Waals surface area contributed by atoms with E-state index in [1.165, 1.54) is 12.8 Å². The van der Waals surface area contributed by atoms with Gasteiger partial charge in [0.1, 0.15) is 5.78 Å². The molecule has 0 aromatic heterocycles. The van der Waals surface area contributed by atoms with Crippen molar-refractivity contribution in [1.29, 1.82) is 0 Å². The lowest BCUT2D eigenvalue weighted by molar-refractivity contribution is 0.258. The van der Waals surface area contributed by atoms with Crippen molar-refractivity contribution in [2.75, 3.05) is 13.2 Å². The van der Waals surface area contributed by atoms with Crippen LogP contribution in [0.4, 0.5) is 0 Å². The van der Waals surface area contributed by atoms with E-state index >= 15 is 0 Å². The van der Waals surface area contributed by atoms with Gasteiger partial charge in [-0.25, -0.2) is 0 Å². The molecule has 0 bridgehead atoms. The Morgan fingerprint density at radius 2 is 1.90 bits per heavy atom. The van der Waals surface area contributed by atoms with Crippen molar-refractivity contribution in [3.63, 3.8) is 0 Å². The van der Waals surface area contributed by atoms with E-state index in [4.69, 9.17) is 4.52 Å². The molecule has 0 saturated carbocycles. The second-order valence-electron chi connectivity index (χ2n) is 4.81. The van der Waals surface area contributed by atoms with Crippen molar-refractivity contribution >= 4 is 7.60 Å². The summed E-state index contributed by atoms with van der Waals surface area (Å²) in [6.45, 7) is 4.84. The fourth-order valence-corrected chi connectivity index (χ4v) is 3.53. The zero-order chi connectivity index (χ0) is 14.8. The molecule has 20 heavy (non-hydrogen) atoms. The monoisotopic (exact) mass is 299 g/mol. The summed E-state index contributed by atoms with van der Waals surface area (Å²) in [4.78, 5) is 10.1. The third kappa shape index (κ3) is 5.76. The number of nitrogens with one attached hydrogen (secondary N) is 1. The van der Waals surface area contributed by atoms with Gasteiger partial charge in [-0.1, -0.05) is 56.5 Å². The van der Waals surface area contributed by atoms with Crippen LogP contribution in [-0.2, 0) is 9.09 Å². The highest BCUT2D eigenvalue weighted by Gasteiger charge is 2.32. The summed E-state index contributed by atoms with van der Waals surface area (Å²) in [6.07, 6.45) is 4.51. The predicted molar refractivity (Wildman–Crippen MR) is 82.8 cm³/mol. The summed E-state index contributed by atoms with van der Waals surface area (Å²) < 4.78 is 17.4. The number of hydrogen-bond acceptors (Lipinski definition) is 3. The summed E-state index contributed by atoms with van der Waals surface area (Å²) in [5, 5.41) is 3.18. The van der Waals surface area contributed by atoms with Gasteiger partial charge in [-0.15, -0.1) is 0 Å². The minimum atomic E-state index is -3.69. The summed E-state index contributed by atoms with van der Waals surface area (Å²) >= 11 is 0. The van der Waals surface area contributed by atoms with Crippen molar-refractivity contribution in [3.05, 3.63) is 35.9 Å². The molecule has 2 unspecified atom stereocenters. The van der Waals surface area contributed by atoms with E-state index in [1.54, 1.807) is 6.92 Å². The number of hydrogen-bond donors (Lipinski definition) is 2. The van der Waals surface area contributed by atoms with Crippen LogP contribution in [0.2, 0.25) is 0 Å². The summed E-state index contributed by atoms with van der Waals surface area (Å²) in [5.41, 5.74) is 0.794. The minimum absolute atomic E-state index is 0.231. The van der Waals surface area contributed by atoms with Gasteiger partial charge in [-0.2, -0.15) is 0 Å². The normalized spacial score (nSPS) is 15.8. The van der Waals surface area contributed by atoms with Crippen LogP contribution in [-0.4, -0.2) is 18.0 Å². The van der Waals surface area contributed by atoms with E-state index in [1.807, 2.05) is 30.3 Å². The maximum absolute atomic E-state index is 12.3. The Bertz CT molecular complexity index is 411. The SMILES string of the molecule is CCCCCCNC(c1ccccc1)P(=O)(O)OCC. The van der Waals surface area contributed by atoms with Crippen LogP contribution in [0.15, 0.2) is 30.3 Å². The van der Waals surface area contributed by atoms with Crippen LogP contribution in [0, 0.1) is 0 Å². The zero-order valence-corrected chi connectivity index (χ0v) is 13.3. The maximum Gasteiger partial charge on any atom is 0.349 e. The van der Waals surface area contributed by atoms with Gasteiger partial charge in [0.25, 0.3) is 0 Å². The Labute approximate surface area is 122 Å². The van der Waals surface area contributed by atoms with Crippen LogP contribution in [0.5, 0.6) is 0 Å². The van der Waals surface area contributed by atoms with Gasteiger partial charge in [0.15, 0.2) is 0 Å². The predicted octanol–water partition coefficient (Wildman–Crippen LogP) is 4.08. The third-order valence-corrected chi connectivity index (χ3v) is 4.89. The Morgan fingerprint density at radius 3 is 2.50 bits per heavy atom. The van der Waals surface area contributed by atoms with Gasteiger partial charge in [0.2, 0.25) is 0 Å². The molecule has 4 nitrogen and oxygen atoms in total. The number of benzene rings is 1. The van der Waals surface area contributed by atoms with Gasteiger partial charge in [-0.05, 0) is 25.5 Å². The molecule has 0 aliphatic rings. The molecular weight excluding hydrogens is 273 g/mol. The first-order valence-corrected chi connectivity index (χ1v) is 9.01. The highest BCUT2D eigenvalue weighted by molar-refractivity contribution is 7.53. The maximum atomic E-state index is 12.3. The molecule has 2 atom stereocenters. The van der Waals surface area contributed by atoms with Gasteiger partial charge >= 0.3 is 7.60 Å². The van der Waals surface area contributed by atoms with Crippen molar-refractivity contribution in [2.45, 2.75) is 45.3 Å². The first-order chi connectivity index (χ1) is 9.61. The Morgan fingerprint density at radius 1 is 1.20 bits per heavy atom. The molecule has 0 aliphatic heterocycles. The van der Waals surface area contributed by atoms with Crippen LogP contribution < -0.4 is 5.32 Å². The van der Waals surface area contributed by atoms with E-state index in [0.717, 1.165) is 24.9 Å². The fourth-order valence-electron chi connectivity index (χ4n) is 2.11. The van der Waals surface area contributed by atoms with Crippen LogP contribution in [0.25, 0.3) is 0 Å². The first kappa shape index (κ1) is 17.4. The average molecular weight is 299 g/mol. The lowest BCUT2D eigenvalue weighted by atomic mass is 10.2. The molecular formula is C15H26NO3P. The molecule has 0 radical (unpaired) electrons. The van der Waals surface area contributed by atoms with Crippen LogP contribution in [0.3, 0.4) is 0 Å². The first-order valence-electron chi connectivity index (χ1n) is 7.37. The zero-order valence-electron chi connectivity index (χ0n) is 12.4. The second kappa shape index (κ2) is 9.30. The quantitative estimate of drug-likeness (QED) is 0.505. The van der Waals surface area contributed by atoms with Crippen molar-refractivity contribution in [3.8, 4) is 0 Å². The topological polar surface area (TPSA) is 58.6 Å². The van der Waals surface area contributed by atoms with Crippen molar-refractivity contribution in [2.24, 2.45) is 0 Å². The molecule has 0 spiro atoms. The molecule has 114 valence electrons. The molecule has 5 heteroatoms. The fraction of sp³-hybridized carbons (Fsp3) is 0.600. The molecule has 0 amide bonds. The highest BCUT2D eigenvalue weighted by atomic mass is 31.2. The van der Waals surface area contributed by atoms with E-state index in [9.17, 15) is 9.46 Å². The summed E-state index contributed by atoms with van der Waals surface area (Å²) in [6, 6.07) is 9.34. The third-order valence-electron chi connectivity index (χ3n) is 3.12. The molecule has 0 fully saturated rings. The van der Waals surface area contributed by atoms with Gasteiger partial charge in [0.05, 0.1) is 6.61 Å². The van der Waals surface area contributed by atoms with E-state index in [-0.39, 0.29) is 6.61 Å². The van der Waals surface area contributed by atoms with E-state index in [0.29, 0.717) is 0 Å². The molecule has 0 heterocycles. The number of rotatable bonds is 10. The molecule has 0 aliphatic carbocycles. The second-order valence-corrected chi connectivity index (χ2v) is 6.71. The van der Waals surface area contributed by atoms with Crippen molar-refractivity contribution in [1.82, 2.24) is 5.32 Å². The minimum Gasteiger partial charge on any atom is -0.323 e. The Balaban J connectivity index is 2.68. The van der Waals surface area contributed by atoms with Gasteiger partial charge in [-0.3, -0.25) is 9.88 Å². The van der Waals surface area contributed by atoms with E-state index in [2.05, 4.69) is 12.2 Å². The summed E-state index contributed by atoms with van der Waals surface area (Å²) in [5.74, 6) is -0.648.